The lowest BCUT2D eigenvalue weighted by atomic mass is 9.85. The van der Waals surface area contributed by atoms with Crippen molar-refractivity contribution in [3.05, 3.63) is 65.2 Å². The molecule has 2 aromatic rings. The third-order valence-corrected chi connectivity index (χ3v) is 6.76. The van der Waals surface area contributed by atoms with Crippen LogP contribution in [-0.4, -0.2) is 29.9 Å². The van der Waals surface area contributed by atoms with Crippen molar-refractivity contribution in [1.82, 2.24) is 10.6 Å². The Bertz CT molecular complexity index is 1030. The molecule has 8 heteroatoms. The second-order valence-electron chi connectivity index (χ2n) is 9.86. The Labute approximate surface area is 214 Å². The van der Waals surface area contributed by atoms with Crippen LogP contribution >= 0.6 is 0 Å². The molecular weight excluding hydrogens is 452 g/mol. The molecule has 0 bridgehead atoms. The van der Waals surface area contributed by atoms with E-state index in [0.717, 1.165) is 23.1 Å². The predicted molar refractivity (Wildman–Crippen MR) is 144 cm³/mol. The van der Waals surface area contributed by atoms with Crippen molar-refractivity contribution >= 4 is 23.5 Å². The summed E-state index contributed by atoms with van der Waals surface area (Å²) < 4.78 is 0. The Kier molecular flexibility index (Phi) is 10.3. The fourth-order valence-electron chi connectivity index (χ4n) is 4.76. The van der Waals surface area contributed by atoms with Crippen LogP contribution in [0.25, 0.3) is 0 Å². The Hall–Kier alpha value is -3.39. The summed E-state index contributed by atoms with van der Waals surface area (Å²) in [6, 6.07) is 13.9. The highest BCUT2D eigenvalue weighted by molar-refractivity contribution is 5.89. The van der Waals surface area contributed by atoms with Crippen LogP contribution in [0.5, 0.6) is 0 Å². The zero-order valence-electron chi connectivity index (χ0n) is 21.2. The molecule has 8 nitrogen and oxygen atoms in total. The number of aliphatic imine (C=N–C) groups is 1. The predicted octanol–water partition coefficient (Wildman–Crippen LogP) is 2.93. The second-order valence-corrected chi connectivity index (χ2v) is 9.86. The van der Waals surface area contributed by atoms with Gasteiger partial charge in [-0.25, -0.2) is 4.99 Å². The first kappa shape index (κ1) is 27.2. The number of carbonyl (C=O) groups excluding carboxylic acids is 2. The van der Waals surface area contributed by atoms with E-state index in [0.29, 0.717) is 31.0 Å². The maximum Gasteiger partial charge on any atom is 0.242 e. The molecule has 0 spiro atoms. The van der Waals surface area contributed by atoms with Crippen molar-refractivity contribution in [1.29, 1.82) is 0 Å². The highest BCUT2D eigenvalue weighted by Gasteiger charge is 2.25. The average Bonchev–Trinajstić information content (AvgIpc) is 2.86. The zero-order chi connectivity index (χ0) is 25.9. The molecule has 36 heavy (non-hydrogen) atoms. The van der Waals surface area contributed by atoms with Crippen LogP contribution < -0.4 is 27.8 Å². The molecule has 0 unspecified atom stereocenters. The molecule has 0 saturated heterocycles. The van der Waals surface area contributed by atoms with Crippen molar-refractivity contribution < 1.29 is 9.59 Å². The number of aryl methyl sites for hydroxylation is 1. The van der Waals surface area contributed by atoms with E-state index < -0.39 is 12.1 Å². The number of amides is 2. The van der Waals surface area contributed by atoms with Crippen molar-refractivity contribution in [3.63, 3.8) is 0 Å². The SMILES string of the molecule is Cc1cccc(CNC(=O)[C@H](CCC2CCCCC2)NC(=O)[C@@H](N)Cc2ccc(N=C(N)N)cc2)c1. The average molecular weight is 493 g/mol. The number of benzene rings is 2. The van der Waals surface area contributed by atoms with Gasteiger partial charge in [0.25, 0.3) is 0 Å². The maximum absolute atomic E-state index is 13.1. The van der Waals surface area contributed by atoms with Crippen LogP contribution in [0.3, 0.4) is 0 Å². The molecule has 8 N–H and O–H groups in total. The van der Waals surface area contributed by atoms with Gasteiger partial charge in [-0.1, -0.05) is 74.1 Å². The summed E-state index contributed by atoms with van der Waals surface area (Å²) in [7, 11) is 0. The quantitative estimate of drug-likeness (QED) is 0.241. The van der Waals surface area contributed by atoms with Gasteiger partial charge in [-0.2, -0.15) is 0 Å². The van der Waals surface area contributed by atoms with Crippen LogP contribution in [0.4, 0.5) is 5.69 Å². The minimum atomic E-state index is -0.777. The number of rotatable bonds is 11. The lowest BCUT2D eigenvalue weighted by Crippen LogP contribution is -2.52. The summed E-state index contributed by atoms with van der Waals surface area (Å²) in [4.78, 5) is 30.1. The van der Waals surface area contributed by atoms with E-state index in [-0.39, 0.29) is 17.8 Å². The summed E-state index contributed by atoms with van der Waals surface area (Å²) in [6.45, 7) is 2.44. The van der Waals surface area contributed by atoms with Gasteiger partial charge >= 0.3 is 0 Å². The van der Waals surface area contributed by atoms with E-state index in [1.165, 1.54) is 32.1 Å². The molecule has 2 atom stereocenters. The van der Waals surface area contributed by atoms with Crippen molar-refractivity contribution in [2.75, 3.05) is 0 Å². The molecule has 2 amide bonds. The highest BCUT2D eigenvalue weighted by Crippen LogP contribution is 2.27. The Morgan fingerprint density at radius 1 is 1.00 bits per heavy atom. The number of nitrogens with one attached hydrogen (secondary N) is 2. The zero-order valence-corrected chi connectivity index (χ0v) is 21.2. The lowest BCUT2D eigenvalue weighted by molar-refractivity contribution is -0.130. The molecule has 0 aromatic heterocycles. The minimum absolute atomic E-state index is 0.0150. The van der Waals surface area contributed by atoms with Gasteiger partial charge in [0, 0.05) is 6.54 Å². The summed E-state index contributed by atoms with van der Waals surface area (Å²) in [5.41, 5.74) is 20.7. The van der Waals surface area contributed by atoms with E-state index in [9.17, 15) is 9.59 Å². The fraction of sp³-hybridized carbons (Fsp3) is 0.464. The molecule has 0 radical (unpaired) electrons. The molecule has 1 saturated carbocycles. The number of carbonyl (C=O) groups is 2. The molecule has 194 valence electrons. The van der Waals surface area contributed by atoms with E-state index in [1.807, 2.05) is 43.3 Å². The van der Waals surface area contributed by atoms with E-state index >= 15 is 0 Å². The number of nitrogens with two attached hydrogens (primary N) is 3. The normalized spacial score (nSPS) is 15.5. The Morgan fingerprint density at radius 2 is 1.72 bits per heavy atom. The second kappa shape index (κ2) is 13.6. The van der Waals surface area contributed by atoms with Crippen LogP contribution in [0.2, 0.25) is 0 Å². The van der Waals surface area contributed by atoms with Gasteiger partial charge in [0.15, 0.2) is 5.96 Å². The molecular formula is C28H40N6O2. The molecule has 1 fully saturated rings. The number of hydrogen-bond acceptors (Lipinski definition) is 4. The molecule has 0 aliphatic heterocycles. The van der Waals surface area contributed by atoms with Gasteiger partial charge in [0.1, 0.15) is 6.04 Å². The number of guanidine groups is 1. The monoisotopic (exact) mass is 492 g/mol. The Morgan fingerprint density at radius 3 is 2.39 bits per heavy atom. The van der Waals surface area contributed by atoms with Gasteiger partial charge in [-0.15, -0.1) is 0 Å². The molecule has 2 aromatic carbocycles. The van der Waals surface area contributed by atoms with Gasteiger partial charge in [-0.05, 0) is 55.4 Å². The molecule has 1 aliphatic carbocycles. The Balaban J connectivity index is 1.60. The van der Waals surface area contributed by atoms with Gasteiger partial charge in [0.05, 0.1) is 11.7 Å². The molecule has 1 aliphatic rings. The fourth-order valence-corrected chi connectivity index (χ4v) is 4.76. The molecule has 0 heterocycles. The van der Waals surface area contributed by atoms with Gasteiger partial charge < -0.3 is 27.8 Å². The van der Waals surface area contributed by atoms with E-state index in [2.05, 4.69) is 15.6 Å². The number of nitrogens with zero attached hydrogens (tertiary/aromatic N) is 1. The first-order chi connectivity index (χ1) is 17.3. The maximum atomic E-state index is 13.1. The van der Waals surface area contributed by atoms with Crippen LogP contribution in [0, 0.1) is 12.8 Å². The van der Waals surface area contributed by atoms with E-state index in [1.54, 1.807) is 12.1 Å². The van der Waals surface area contributed by atoms with Gasteiger partial charge in [-0.3, -0.25) is 9.59 Å². The van der Waals surface area contributed by atoms with E-state index in [4.69, 9.17) is 17.2 Å². The topological polar surface area (TPSA) is 149 Å². The smallest absolute Gasteiger partial charge is 0.242 e. The third kappa shape index (κ3) is 9.00. The minimum Gasteiger partial charge on any atom is -0.370 e. The van der Waals surface area contributed by atoms with Crippen LogP contribution in [0.15, 0.2) is 53.5 Å². The first-order valence-corrected chi connectivity index (χ1v) is 12.9. The van der Waals surface area contributed by atoms with Crippen molar-refractivity contribution in [2.24, 2.45) is 28.1 Å². The summed E-state index contributed by atoms with van der Waals surface area (Å²) in [6.07, 6.45) is 8.04. The largest absolute Gasteiger partial charge is 0.370 e. The third-order valence-electron chi connectivity index (χ3n) is 6.76. The van der Waals surface area contributed by atoms with Crippen LogP contribution in [-0.2, 0) is 22.6 Å². The first-order valence-electron chi connectivity index (χ1n) is 12.9. The summed E-state index contributed by atoms with van der Waals surface area (Å²) >= 11 is 0. The summed E-state index contributed by atoms with van der Waals surface area (Å²) in [5, 5.41) is 5.93. The molecule has 3 rings (SSSR count). The van der Waals surface area contributed by atoms with Gasteiger partial charge in [0.2, 0.25) is 11.8 Å². The standard InChI is InChI=1S/C28H40N6O2/c1-19-6-5-9-22(16-19)18-32-27(36)25(15-12-20-7-3-2-4-8-20)34-26(35)24(29)17-21-10-13-23(14-11-21)33-28(30)31/h5-6,9-11,13-14,16,20,24-25H,2-4,7-8,12,15,17-18,29H2,1H3,(H,32,36)(H,34,35)(H4,30,31,33)/t24-,25-/m0/s1. The number of hydrogen-bond donors (Lipinski definition) is 5. The lowest BCUT2D eigenvalue weighted by Gasteiger charge is -2.25. The van der Waals surface area contributed by atoms with Crippen molar-refractivity contribution in [3.8, 4) is 0 Å². The van der Waals surface area contributed by atoms with Crippen LogP contribution in [0.1, 0.15) is 61.6 Å². The van der Waals surface area contributed by atoms with Crippen molar-refractivity contribution in [2.45, 2.75) is 76.9 Å². The summed E-state index contributed by atoms with van der Waals surface area (Å²) in [5.74, 6) is 0.0935. The highest BCUT2D eigenvalue weighted by atomic mass is 16.2.